The minimum absolute atomic E-state index is 0.0735. The van der Waals surface area contributed by atoms with E-state index in [0.29, 0.717) is 5.92 Å². The van der Waals surface area contributed by atoms with Gasteiger partial charge >= 0.3 is 5.97 Å². The van der Waals surface area contributed by atoms with Gasteiger partial charge in [-0.05, 0) is 31.4 Å². The number of ether oxygens (including phenoxy) is 1. The molecule has 2 unspecified atom stereocenters. The molecule has 1 saturated heterocycles. The van der Waals surface area contributed by atoms with E-state index in [9.17, 15) is 4.79 Å². The number of benzene rings is 1. The summed E-state index contributed by atoms with van der Waals surface area (Å²) in [5, 5.41) is 9.15. The third-order valence-electron chi connectivity index (χ3n) is 3.89. The highest BCUT2D eigenvalue weighted by atomic mass is 16.5. The summed E-state index contributed by atoms with van der Waals surface area (Å²) in [6.07, 6.45) is 2.40. The first-order chi connectivity index (χ1) is 9.66. The normalized spacial score (nSPS) is 20.8. The lowest BCUT2D eigenvalue weighted by molar-refractivity contribution is -0.138. The van der Waals surface area contributed by atoms with Gasteiger partial charge in [-0.2, -0.15) is 0 Å². The van der Waals surface area contributed by atoms with E-state index in [1.807, 2.05) is 37.4 Å². The fourth-order valence-electron chi connectivity index (χ4n) is 2.85. The molecule has 1 heterocycles. The predicted molar refractivity (Wildman–Crippen MR) is 77.6 cm³/mol. The second-order valence-corrected chi connectivity index (χ2v) is 5.55. The molecule has 1 N–H and O–H groups in total. The molecular weight excluding hydrogens is 254 g/mol. The molecule has 0 spiro atoms. The molecule has 1 aliphatic rings. The molecular formula is C16H23NO3. The van der Waals surface area contributed by atoms with Crippen molar-refractivity contribution < 1.29 is 14.6 Å². The average Bonchev–Trinajstić information content (AvgIpc) is 2.46. The van der Waals surface area contributed by atoms with Gasteiger partial charge < -0.3 is 9.84 Å². The number of carboxylic acid groups (broad SMARTS) is 1. The first kappa shape index (κ1) is 15.0. The van der Waals surface area contributed by atoms with Gasteiger partial charge in [0.1, 0.15) is 0 Å². The quantitative estimate of drug-likeness (QED) is 0.868. The molecule has 0 aliphatic carbocycles. The Hall–Kier alpha value is -1.39. The second kappa shape index (κ2) is 7.41. The number of carbonyl (C=O) groups is 1. The largest absolute Gasteiger partial charge is 0.481 e. The van der Waals surface area contributed by atoms with Gasteiger partial charge in [-0.1, -0.05) is 30.3 Å². The number of carboxylic acids is 1. The van der Waals surface area contributed by atoms with E-state index in [4.69, 9.17) is 9.84 Å². The summed E-state index contributed by atoms with van der Waals surface area (Å²) in [6.45, 7) is 2.53. The van der Waals surface area contributed by atoms with Gasteiger partial charge in [0.2, 0.25) is 0 Å². The molecule has 0 amide bonds. The van der Waals surface area contributed by atoms with Gasteiger partial charge in [-0.15, -0.1) is 0 Å². The molecule has 0 saturated carbocycles. The van der Waals surface area contributed by atoms with Gasteiger partial charge in [0.15, 0.2) is 0 Å². The summed E-state index contributed by atoms with van der Waals surface area (Å²) in [6, 6.07) is 9.80. The summed E-state index contributed by atoms with van der Waals surface area (Å²) in [4.78, 5) is 13.3. The highest BCUT2D eigenvalue weighted by molar-refractivity contribution is 5.67. The van der Waals surface area contributed by atoms with Crippen molar-refractivity contribution in [1.82, 2.24) is 4.90 Å². The summed E-state index contributed by atoms with van der Waals surface area (Å²) < 4.78 is 5.51. The van der Waals surface area contributed by atoms with E-state index in [-0.39, 0.29) is 12.5 Å². The van der Waals surface area contributed by atoms with Crippen molar-refractivity contribution in [3.05, 3.63) is 35.9 Å². The van der Waals surface area contributed by atoms with Gasteiger partial charge in [0, 0.05) is 19.2 Å². The van der Waals surface area contributed by atoms with E-state index < -0.39 is 5.97 Å². The number of hydrogen-bond acceptors (Lipinski definition) is 3. The summed E-state index contributed by atoms with van der Waals surface area (Å²) >= 11 is 0. The number of nitrogens with zero attached hydrogens (tertiary/aromatic N) is 1. The zero-order chi connectivity index (χ0) is 14.4. The molecule has 1 fully saturated rings. The predicted octanol–water partition coefficient (Wildman–Crippen LogP) is 2.56. The zero-order valence-corrected chi connectivity index (χ0v) is 12.0. The van der Waals surface area contributed by atoms with Crippen molar-refractivity contribution in [2.45, 2.75) is 25.3 Å². The fourth-order valence-corrected chi connectivity index (χ4v) is 2.85. The van der Waals surface area contributed by atoms with E-state index >= 15 is 0 Å². The van der Waals surface area contributed by atoms with Crippen LogP contribution >= 0.6 is 0 Å². The van der Waals surface area contributed by atoms with Crippen LogP contribution in [0, 0.1) is 5.92 Å². The zero-order valence-electron chi connectivity index (χ0n) is 12.0. The van der Waals surface area contributed by atoms with E-state index in [1.165, 1.54) is 6.42 Å². The minimum Gasteiger partial charge on any atom is -0.481 e. The lowest BCUT2D eigenvalue weighted by Gasteiger charge is -2.32. The lowest BCUT2D eigenvalue weighted by atomic mass is 9.98. The molecule has 110 valence electrons. The molecule has 0 radical (unpaired) electrons. The molecule has 0 bridgehead atoms. The van der Waals surface area contributed by atoms with Crippen LogP contribution in [0.1, 0.15) is 30.9 Å². The SMILES string of the molecule is CN(CC1CCCOC1)C(CC(=O)O)c1ccccc1. The Morgan fingerprint density at radius 2 is 2.20 bits per heavy atom. The smallest absolute Gasteiger partial charge is 0.305 e. The molecule has 1 aromatic carbocycles. The maximum absolute atomic E-state index is 11.1. The number of hydrogen-bond donors (Lipinski definition) is 1. The molecule has 2 atom stereocenters. The molecule has 1 aliphatic heterocycles. The maximum Gasteiger partial charge on any atom is 0.305 e. The topological polar surface area (TPSA) is 49.8 Å². The summed E-state index contributed by atoms with van der Waals surface area (Å²) in [5.41, 5.74) is 1.06. The Morgan fingerprint density at radius 1 is 1.45 bits per heavy atom. The first-order valence-electron chi connectivity index (χ1n) is 7.21. The standard InChI is InChI=1S/C16H23NO3/c1-17(11-13-6-5-9-20-12-13)15(10-16(18)19)14-7-3-2-4-8-14/h2-4,7-8,13,15H,5-6,9-12H2,1H3,(H,18,19). The first-order valence-corrected chi connectivity index (χ1v) is 7.21. The summed E-state index contributed by atoms with van der Waals surface area (Å²) in [5.74, 6) is -0.251. The summed E-state index contributed by atoms with van der Waals surface area (Å²) in [7, 11) is 2.01. The second-order valence-electron chi connectivity index (χ2n) is 5.55. The van der Waals surface area contributed by atoms with Crippen LogP contribution < -0.4 is 0 Å². The van der Waals surface area contributed by atoms with Crippen LogP contribution in [0.25, 0.3) is 0 Å². The van der Waals surface area contributed by atoms with Crippen molar-refractivity contribution >= 4 is 5.97 Å². The van der Waals surface area contributed by atoms with E-state index in [0.717, 1.165) is 31.7 Å². The van der Waals surface area contributed by atoms with Crippen LogP contribution in [0.3, 0.4) is 0 Å². The van der Waals surface area contributed by atoms with Crippen molar-refractivity contribution in [3.8, 4) is 0 Å². The van der Waals surface area contributed by atoms with Gasteiger partial charge in [0.05, 0.1) is 13.0 Å². The Kier molecular flexibility index (Phi) is 5.56. The van der Waals surface area contributed by atoms with Gasteiger partial charge in [0.25, 0.3) is 0 Å². The average molecular weight is 277 g/mol. The Labute approximate surface area is 120 Å². The number of aliphatic carboxylic acids is 1. The van der Waals surface area contributed by atoms with E-state index in [1.54, 1.807) is 0 Å². The fraction of sp³-hybridized carbons (Fsp3) is 0.562. The lowest BCUT2D eigenvalue weighted by Crippen LogP contribution is -2.34. The van der Waals surface area contributed by atoms with Crippen LogP contribution in [0.5, 0.6) is 0 Å². The third-order valence-corrected chi connectivity index (χ3v) is 3.89. The Bertz CT molecular complexity index is 415. The molecule has 20 heavy (non-hydrogen) atoms. The van der Waals surface area contributed by atoms with Crippen molar-refractivity contribution in [2.75, 3.05) is 26.8 Å². The minimum atomic E-state index is -0.759. The van der Waals surface area contributed by atoms with Crippen molar-refractivity contribution in [3.63, 3.8) is 0 Å². The highest BCUT2D eigenvalue weighted by Gasteiger charge is 2.24. The molecule has 4 heteroatoms. The van der Waals surface area contributed by atoms with Crippen molar-refractivity contribution in [2.24, 2.45) is 5.92 Å². The van der Waals surface area contributed by atoms with E-state index in [2.05, 4.69) is 4.90 Å². The van der Waals surface area contributed by atoms with Gasteiger partial charge in [-0.3, -0.25) is 9.69 Å². The van der Waals surface area contributed by atoms with Gasteiger partial charge in [-0.25, -0.2) is 0 Å². The Balaban J connectivity index is 2.03. The van der Waals surface area contributed by atoms with Crippen LogP contribution in [0.15, 0.2) is 30.3 Å². The van der Waals surface area contributed by atoms with Crippen LogP contribution in [-0.2, 0) is 9.53 Å². The van der Waals surface area contributed by atoms with Crippen molar-refractivity contribution in [1.29, 1.82) is 0 Å². The maximum atomic E-state index is 11.1. The van der Waals surface area contributed by atoms with Crippen LogP contribution in [0.2, 0.25) is 0 Å². The highest BCUT2D eigenvalue weighted by Crippen LogP contribution is 2.25. The number of rotatable bonds is 6. The monoisotopic (exact) mass is 277 g/mol. The van der Waals surface area contributed by atoms with Crippen LogP contribution in [0.4, 0.5) is 0 Å². The molecule has 4 nitrogen and oxygen atoms in total. The molecule has 2 rings (SSSR count). The molecule has 0 aromatic heterocycles. The molecule has 1 aromatic rings. The third kappa shape index (κ3) is 4.32. The Morgan fingerprint density at radius 3 is 2.80 bits per heavy atom. The van der Waals surface area contributed by atoms with Crippen LogP contribution in [-0.4, -0.2) is 42.8 Å².